The van der Waals surface area contributed by atoms with Crippen molar-refractivity contribution in [2.24, 2.45) is 0 Å². The fourth-order valence-corrected chi connectivity index (χ4v) is 2.51. The Bertz CT molecular complexity index is 764. The molecule has 6 heteroatoms. The number of aromatic hydroxyl groups is 1. The minimum absolute atomic E-state index is 0.0787. The van der Waals surface area contributed by atoms with E-state index in [1.165, 1.54) is 18.2 Å². The lowest BCUT2D eigenvalue weighted by Crippen LogP contribution is -2.29. The molecule has 0 saturated carbocycles. The SMILES string of the molecule is Cc1cc(C)c(NC(=O)C(=O)Nc2cc(Cl)ccc2O)c(C)c1. The van der Waals surface area contributed by atoms with E-state index in [9.17, 15) is 14.7 Å². The molecule has 0 aliphatic heterocycles. The molecule has 2 amide bonds. The number of phenols is 1. The molecule has 0 saturated heterocycles. The van der Waals surface area contributed by atoms with Gasteiger partial charge in [0.15, 0.2) is 0 Å². The number of carbonyl (C=O) groups is 2. The van der Waals surface area contributed by atoms with Crippen LogP contribution < -0.4 is 10.6 Å². The third-order valence-corrected chi connectivity index (χ3v) is 3.56. The average Bonchev–Trinajstić information content (AvgIpc) is 2.46. The Hall–Kier alpha value is -2.53. The topological polar surface area (TPSA) is 78.4 Å². The second-order valence-electron chi connectivity index (χ2n) is 5.34. The highest BCUT2D eigenvalue weighted by Gasteiger charge is 2.17. The van der Waals surface area contributed by atoms with Crippen molar-refractivity contribution < 1.29 is 14.7 Å². The Kier molecular flexibility index (Phi) is 4.91. The number of phenolic OH excluding ortho intramolecular Hbond substituents is 1. The molecule has 0 spiro atoms. The summed E-state index contributed by atoms with van der Waals surface area (Å²) in [5, 5.41) is 14.9. The number of hydrogen-bond acceptors (Lipinski definition) is 3. The van der Waals surface area contributed by atoms with Gasteiger partial charge >= 0.3 is 11.8 Å². The summed E-state index contributed by atoms with van der Waals surface area (Å²) < 4.78 is 0. The molecule has 23 heavy (non-hydrogen) atoms. The lowest BCUT2D eigenvalue weighted by atomic mass is 10.1. The highest BCUT2D eigenvalue weighted by Crippen LogP contribution is 2.27. The van der Waals surface area contributed by atoms with Gasteiger partial charge in [-0.3, -0.25) is 9.59 Å². The molecule has 0 atom stereocenters. The fraction of sp³-hybridized carbons (Fsp3) is 0.176. The monoisotopic (exact) mass is 332 g/mol. The Labute approximate surface area is 139 Å². The van der Waals surface area contributed by atoms with Crippen molar-refractivity contribution in [3.63, 3.8) is 0 Å². The van der Waals surface area contributed by atoms with Crippen LogP contribution in [0, 0.1) is 20.8 Å². The van der Waals surface area contributed by atoms with Gasteiger partial charge < -0.3 is 15.7 Å². The van der Waals surface area contributed by atoms with Gasteiger partial charge in [0.1, 0.15) is 5.75 Å². The van der Waals surface area contributed by atoms with Gasteiger partial charge in [-0.2, -0.15) is 0 Å². The van der Waals surface area contributed by atoms with E-state index in [-0.39, 0.29) is 11.4 Å². The van der Waals surface area contributed by atoms with Crippen molar-refractivity contribution in [1.29, 1.82) is 0 Å². The number of rotatable bonds is 2. The highest BCUT2D eigenvalue weighted by molar-refractivity contribution is 6.44. The van der Waals surface area contributed by atoms with Crippen molar-refractivity contribution in [1.82, 2.24) is 0 Å². The molecule has 0 fully saturated rings. The van der Waals surface area contributed by atoms with E-state index in [0.717, 1.165) is 16.7 Å². The van der Waals surface area contributed by atoms with Crippen molar-refractivity contribution in [2.45, 2.75) is 20.8 Å². The minimum atomic E-state index is -0.887. The highest BCUT2D eigenvalue weighted by atomic mass is 35.5. The minimum Gasteiger partial charge on any atom is -0.506 e. The molecule has 5 nitrogen and oxygen atoms in total. The van der Waals surface area contributed by atoms with Gasteiger partial charge in [0.25, 0.3) is 0 Å². The predicted molar refractivity (Wildman–Crippen MR) is 91.0 cm³/mol. The maximum absolute atomic E-state index is 12.1. The van der Waals surface area contributed by atoms with E-state index >= 15 is 0 Å². The van der Waals surface area contributed by atoms with Gasteiger partial charge in [0.05, 0.1) is 5.69 Å². The summed E-state index contributed by atoms with van der Waals surface area (Å²) in [5.41, 5.74) is 3.50. The van der Waals surface area contributed by atoms with Crippen LogP contribution in [0.2, 0.25) is 5.02 Å². The number of nitrogens with one attached hydrogen (secondary N) is 2. The molecule has 3 N–H and O–H groups in total. The van der Waals surface area contributed by atoms with Gasteiger partial charge in [0, 0.05) is 10.7 Å². The summed E-state index contributed by atoms with van der Waals surface area (Å²) in [6.07, 6.45) is 0. The largest absolute Gasteiger partial charge is 0.506 e. The zero-order chi connectivity index (χ0) is 17.1. The summed E-state index contributed by atoms with van der Waals surface area (Å²) in [7, 11) is 0. The van der Waals surface area contributed by atoms with Gasteiger partial charge in [0.2, 0.25) is 0 Å². The van der Waals surface area contributed by atoms with Gasteiger partial charge in [-0.15, -0.1) is 0 Å². The molecule has 0 aromatic heterocycles. The van der Waals surface area contributed by atoms with Crippen molar-refractivity contribution in [2.75, 3.05) is 10.6 Å². The van der Waals surface area contributed by atoms with Crippen LogP contribution in [-0.4, -0.2) is 16.9 Å². The van der Waals surface area contributed by atoms with Crippen LogP contribution in [-0.2, 0) is 9.59 Å². The first-order chi connectivity index (χ1) is 10.8. The summed E-state index contributed by atoms with van der Waals surface area (Å²) >= 11 is 5.80. The Morgan fingerprint density at radius 2 is 1.52 bits per heavy atom. The normalized spacial score (nSPS) is 10.3. The quantitative estimate of drug-likeness (QED) is 0.581. The third kappa shape index (κ3) is 4.02. The van der Waals surface area contributed by atoms with E-state index in [1.807, 2.05) is 32.9 Å². The van der Waals surface area contributed by atoms with E-state index < -0.39 is 11.8 Å². The van der Waals surface area contributed by atoms with Crippen LogP contribution in [0.25, 0.3) is 0 Å². The number of amides is 2. The number of hydrogen-bond donors (Lipinski definition) is 3. The molecule has 0 heterocycles. The second-order valence-corrected chi connectivity index (χ2v) is 5.78. The Morgan fingerprint density at radius 1 is 0.957 bits per heavy atom. The summed E-state index contributed by atoms with van der Waals surface area (Å²) in [6, 6.07) is 8.02. The Morgan fingerprint density at radius 3 is 2.13 bits per heavy atom. The summed E-state index contributed by atoms with van der Waals surface area (Å²) in [5.74, 6) is -1.88. The fourth-order valence-electron chi connectivity index (χ4n) is 2.33. The number of benzene rings is 2. The van der Waals surface area contributed by atoms with E-state index in [4.69, 9.17) is 11.6 Å². The Balaban J connectivity index is 2.15. The molecule has 0 aliphatic carbocycles. The third-order valence-electron chi connectivity index (χ3n) is 3.33. The lowest BCUT2D eigenvalue weighted by molar-refractivity contribution is -0.133. The van der Waals surface area contributed by atoms with E-state index in [1.54, 1.807) is 0 Å². The maximum atomic E-state index is 12.1. The molecule has 2 rings (SSSR count). The van der Waals surface area contributed by atoms with Crippen LogP contribution in [0.5, 0.6) is 5.75 Å². The van der Waals surface area contributed by atoms with Crippen LogP contribution in [0.3, 0.4) is 0 Å². The van der Waals surface area contributed by atoms with Crippen molar-refractivity contribution >= 4 is 34.8 Å². The molecule has 0 aliphatic rings. The molecule has 2 aromatic rings. The van der Waals surface area contributed by atoms with Gasteiger partial charge in [-0.05, 0) is 50.1 Å². The maximum Gasteiger partial charge on any atom is 0.314 e. The molecule has 2 aromatic carbocycles. The molecule has 120 valence electrons. The van der Waals surface area contributed by atoms with E-state index in [0.29, 0.717) is 10.7 Å². The van der Waals surface area contributed by atoms with Crippen molar-refractivity contribution in [3.05, 3.63) is 52.0 Å². The van der Waals surface area contributed by atoms with Crippen LogP contribution in [0.4, 0.5) is 11.4 Å². The zero-order valence-corrected chi connectivity index (χ0v) is 13.8. The second kappa shape index (κ2) is 6.71. The standard InChI is InChI=1S/C17H17ClN2O3/c1-9-6-10(2)15(11(3)7-9)20-17(23)16(22)19-13-8-12(18)4-5-14(13)21/h4-8,21H,1-3H3,(H,19,22)(H,20,23). The molecule has 0 radical (unpaired) electrons. The van der Waals surface area contributed by atoms with Gasteiger partial charge in [-0.1, -0.05) is 29.3 Å². The summed E-state index contributed by atoms with van der Waals surface area (Å²) in [4.78, 5) is 24.1. The first-order valence-corrected chi connectivity index (χ1v) is 7.34. The predicted octanol–water partition coefficient (Wildman–Crippen LogP) is 3.55. The molecule has 0 unspecified atom stereocenters. The number of halogens is 1. The number of aryl methyl sites for hydroxylation is 3. The zero-order valence-electron chi connectivity index (χ0n) is 13.0. The first kappa shape index (κ1) is 16.8. The lowest BCUT2D eigenvalue weighted by Gasteiger charge is -2.13. The van der Waals surface area contributed by atoms with Crippen molar-refractivity contribution in [3.8, 4) is 5.75 Å². The van der Waals surface area contributed by atoms with Crippen LogP contribution >= 0.6 is 11.6 Å². The molecular formula is C17H17ClN2O3. The van der Waals surface area contributed by atoms with Crippen LogP contribution in [0.15, 0.2) is 30.3 Å². The van der Waals surface area contributed by atoms with Gasteiger partial charge in [-0.25, -0.2) is 0 Å². The smallest absolute Gasteiger partial charge is 0.314 e. The number of carbonyl (C=O) groups excluding carboxylic acids is 2. The first-order valence-electron chi connectivity index (χ1n) is 6.96. The average molecular weight is 333 g/mol. The van der Waals surface area contributed by atoms with Crippen LogP contribution in [0.1, 0.15) is 16.7 Å². The molecule has 0 bridgehead atoms. The van der Waals surface area contributed by atoms with E-state index in [2.05, 4.69) is 10.6 Å². The molecular weight excluding hydrogens is 316 g/mol. The number of anilines is 2. The summed E-state index contributed by atoms with van der Waals surface area (Å²) in [6.45, 7) is 5.67.